The summed E-state index contributed by atoms with van der Waals surface area (Å²) >= 11 is 13.0. The normalized spacial score (nSPS) is 14.7. The fraction of sp³-hybridized carbons (Fsp3) is 0.172. The lowest BCUT2D eigenvalue weighted by Gasteiger charge is -2.20. The third kappa shape index (κ3) is 4.99. The van der Waals surface area contributed by atoms with Crippen molar-refractivity contribution in [3.05, 3.63) is 99.7 Å². The van der Waals surface area contributed by atoms with Crippen LogP contribution in [0.2, 0.25) is 10.0 Å². The molecule has 0 saturated heterocycles. The van der Waals surface area contributed by atoms with E-state index in [-0.39, 0.29) is 11.6 Å². The van der Waals surface area contributed by atoms with Gasteiger partial charge in [-0.05, 0) is 54.8 Å². The molecule has 1 saturated carbocycles. The Hall–Kier alpha value is -4.39. The van der Waals surface area contributed by atoms with Crippen molar-refractivity contribution < 1.29 is 10.5 Å². The highest BCUT2D eigenvalue weighted by atomic mass is 35.5. The number of methoxy groups -OCH3 is 1. The molecule has 2 heterocycles. The number of para-hydroxylation sites is 1. The third-order valence-corrected chi connectivity index (χ3v) is 7.15. The quantitative estimate of drug-likeness (QED) is 0.198. The van der Waals surface area contributed by atoms with Crippen LogP contribution in [0.4, 0.5) is 21.5 Å². The van der Waals surface area contributed by atoms with Crippen molar-refractivity contribution in [2.24, 2.45) is 0 Å². The van der Waals surface area contributed by atoms with Crippen LogP contribution in [0.1, 0.15) is 43.1 Å². The molecule has 6 rings (SSSR count). The van der Waals surface area contributed by atoms with E-state index in [1.165, 1.54) is 37.6 Å². The average molecular weight is 575 g/mol. The molecular formula is C29H22Cl2FN7O. The van der Waals surface area contributed by atoms with Gasteiger partial charge in [0.2, 0.25) is 0 Å². The molecule has 0 radical (unpaired) electrons. The first kappa shape index (κ1) is 24.6. The first-order chi connectivity index (χ1) is 19.8. The van der Waals surface area contributed by atoms with Crippen molar-refractivity contribution in [1.82, 2.24) is 20.0 Å². The Labute approximate surface area is 240 Å². The van der Waals surface area contributed by atoms with Crippen LogP contribution in [0, 0.1) is 17.1 Å². The second kappa shape index (κ2) is 10.6. The molecule has 0 unspecified atom stereocenters. The summed E-state index contributed by atoms with van der Waals surface area (Å²) in [6.45, 7) is 0. The summed E-state index contributed by atoms with van der Waals surface area (Å²) in [4.78, 5) is 4.41. The maximum absolute atomic E-state index is 13.8. The summed E-state index contributed by atoms with van der Waals surface area (Å²) in [6.07, 6.45) is 5.17. The van der Waals surface area contributed by atoms with Crippen LogP contribution in [0.5, 0.6) is 5.75 Å². The highest BCUT2D eigenvalue weighted by Crippen LogP contribution is 2.40. The van der Waals surface area contributed by atoms with E-state index in [2.05, 4.69) is 32.0 Å². The summed E-state index contributed by atoms with van der Waals surface area (Å²) in [7, 11) is 1.50. The van der Waals surface area contributed by atoms with Crippen LogP contribution in [-0.2, 0) is 0 Å². The monoisotopic (exact) mass is 574 g/mol. The van der Waals surface area contributed by atoms with Gasteiger partial charge in [0, 0.05) is 17.3 Å². The fourth-order valence-corrected chi connectivity index (χ4v) is 4.97. The van der Waals surface area contributed by atoms with Crippen LogP contribution in [0.25, 0.3) is 10.9 Å². The minimum Gasteiger partial charge on any atom is -0.493 e. The number of hydrogen-bond acceptors (Lipinski definition) is 7. The van der Waals surface area contributed by atoms with Gasteiger partial charge in [-0.1, -0.05) is 46.6 Å². The van der Waals surface area contributed by atoms with Gasteiger partial charge in [-0.25, -0.2) is 9.07 Å². The second-order valence-electron chi connectivity index (χ2n) is 9.28. The van der Waals surface area contributed by atoms with Crippen molar-refractivity contribution in [3.8, 4) is 11.8 Å². The van der Waals surface area contributed by atoms with Crippen molar-refractivity contribution in [3.63, 3.8) is 0 Å². The van der Waals surface area contributed by atoms with E-state index < -0.39 is 11.8 Å². The standard InChI is InChI=1S/C29H22Cl2FN7O/c1-40-29-22(30)3-2-4-24(29)36-26-17(13-33)14-34-28-21(26)11-19(12-23(28)31)35-27(16-5-7-18(32)8-6-16)25-15-39(38-37-25)20-9-10-20/h2-8,11-12,14-15,20,27,35H,9-10H2,1H3,(H,34,36)/t27-/m1/s1/i27D. The molecule has 1 aliphatic rings. The molecule has 11 heteroatoms. The number of aromatic nitrogens is 4. The van der Waals surface area contributed by atoms with Crippen LogP contribution in [0.15, 0.2) is 67.0 Å². The summed E-state index contributed by atoms with van der Waals surface area (Å²) < 4.78 is 30.6. The van der Waals surface area contributed by atoms with Crippen LogP contribution in [0.3, 0.4) is 0 Å². The maximum atomic E-state index is 13.8. The first-order valence-corrected chi connectivity index (χ1v) is 13.1. The number of nitriles is 1. The average Bonchev–Trinajstić information content (AvgIpc) is 3.69. The Bertz CT molecular complexity index is 1820. The van der Waals surface area contributed by atoms with Gasteiger partial charge >= 0.3 is 0 Å². The number of rotatable bonds is 8. The number of benzene rings is 3. The van der Waals surface area contributed by atoms with Crippen molar-refractivity contribution in [2.75, 3.05) is 17.7 Å². The Morgan fingerprint density at radius 3 is 2.70 bits per heavy atom. The molecule has 200 valence electrons. The number of hydrogen-bond donors (Lipinski definition) is 2. The van der Waals surface area contributed by atoms with Gasteiger partial charge in [-0.3, -0.25) is 4.98 Å². The lowest BCUT2D eigenvalue weighted by molar-refractivity contribution is 0.417. The Morgan fingerprint density at radius 2 is 1.98 bits per heavy atom. The fourth-order valence-electron chi connectivity index (χ4n) is 4.45. The first-order valence-electron chi connectivity index (χ1n) is 12.9. The van der Waals surface area contributed by atoms with Crippen LogP contribution in [-0.4, -0.2) is 27.1 Å². The SMILES string of the molecule is [2H][C@@](Nc1cc(Cl)c2ncc(C#N)c(Nc3cccc(Cl)c3OC)c2c1)(c1ccc(F)cc1)c1cn(C2CC2)nn1. The van der Waals surface area contributed by atoms with Gasteiger partial charge < -0.3 is 15.4 Å². The molecule has 0 aliphatic heterocycles. The Kier molecular flexibility index (Phi) is 6.55. The Morgan fingerprint density at radius 1 is 1.18 bits per heavy atom. The molecule has 0 amide bonds. The predicted molar refractivity (Wildman–Crippen MR) is 153 cm³/mol. The molecular weight excluding hydrogens is 552 g/mol. The summed E-state index contributed by atoms with van der Waals surface area (Å²) in [5.74, 6) is -0.0163. The minimum absolute atomic E-state index is 0.260. The minimum atomic E-state index is -1.65. The van der Waals surface area contributed by atoms with Crippen molar-refractivity contribution >= 4 is 51.2 Å². The van der Waals surface area contributed by atoms with E-state index in [4.69, 9.17) is 27.9 Å². The predicted octanol–water partition coefficient (Wildman–Crippen LogP) is 7.43. The van der Waals surface area contributed by atoms with Crippen LogP contribution >= 0.6 is 23.2 Å². The molecule has 8 nitrogen and oxygen atoms in total. The van der Waals surface area contributed by atoms with Crippen LogP contribution < -0.4 is 15.4 Å². The number of fused-ring (bicyclic) bond motifs is 1. The smallest absolute Gasteiger partial charge is 0.160 e. The summed E-state index contributed by atoms with van der Waals surface area (Å²) in [5, 5.41) is 26.2. The zero-order chi connectivity index (χ0) is 28.7. The highest BCUT2D eigenvalue weighted by molar-refractivity contribution is 6.36. The zero-order valence-electron chi connectivity index (χ0n) is 22.1. The molecule has 3 aromatic carbocycles. The van der Waals surface area contributed by atoms with Gasteiger partial charge in [0.05, 0.1) is 59.2 Å². The molecule has 40 heavy (non-hydrogen) atoms. The van der Waals surface area contributed by atoms with Gasteiger partial charge in [0.25, 0.3) is 0 Å². The van der Waals surface area contributed by atoms with E-state index in [0.717, 1.165) is 12.8 Å². The number of pyridine rings is 1. The largest absolute Gasteiger partial charge is 0.493 e. The summed E-state index contributed by atoms with van der Waals surface area (Å²) in [6, 6.07) is 15.0. The van der Waals surface area contributed by atoms with E-state index in [9.17, 15) is 11.0 Å². The number of ether oxygens (including phenoxy) is 1. The lowest BCUT2D eigenvalue weighted by Crippen LogP contribution is -2.13. The molecule has 2 aromatic heterocycles. The number of halogens is 3. The molecule has 0 bridgehead atoms. The number of anilines is 3. The maximum Gasteiger partial charge on any atom is 0.160 e. The third-order valence-electron chi connectivity index (χ3n) is 6.57. The van der Waals surface area contributed by atoms with Crippen molar-refractivity contribution in [2.45, 2.75) is 24.9 Å². The molecule has 1 atom stereocenters. The molecule has 5 aromatic rings. The number of nitrogens with one attached hydrogen (secondary N) is 2. The zero-order valence-corrected chi connectivity index (χ0v) is 22.6. The van der Waals surface area contributed by atoms with E-state index in [1.54, 1.807) is 41.2 Å². The van der Waals surface area contributed by atoms with E-state index >= 15 is 0 Å². The molecule has 1 aliphatic carbocycles. The second-order valence-corrected chi connectivity index (χ2v) is 10.1. The Balaban J connectivity index is 1.48. The van der Waals surface area contributed by atoms with E-state index in [0.29, 0.717) is 55.0 Å². The van der Waals surface area contributed by atoms with Gasteiger partial charge in [0.1, 0.15) is 17.6 Å². The lowest BCUT2D eigenvalue weighted by atomic mass is 10.0. The number of nitrogens with zero attached hydrogens (tertiary/aromatic N) is 5. The molecule has 0 spiro atoms. The van der Waals surface area contributed by atoms with E-state index in [1.807, 2.05) is 0 Å². The van der Waals surface area contributed by atoms with Gasteiger partial charge in [-0.2, -0.15) is 5.26 Å². The highest BCUT2D eigenvalue weighted by Gasteiger charge is 2.27. The summed E-state index contributed by atoms with van der Waals surface area (Å²) in [5.41, 5.74) is 2.90. The molecule has 2 N–H and O–H groups in total. The molecule has 1 fully saturated rings. The van der Waals surface area contributed by atoms with Gasteiger partial charge in [-0.15, -0.1) is 5.10 Å². The topological polar surface area (TPSA) is 101 Å². The van der Waals surface area contributed by atoms with Crippen molar-refractivity contribution in [1.29, 1.82) is 5.26 Å². The van der Waals surface area contributed by atoms with Gasteiger partial charge in [0.15, 0.2) is 5.75 Å².